The summed E-state index contributed by atoms with van der Waals surface area (Å²) in [6.07, 6.45) is 13.1. The lowest BCUT2D eigenvalue weighted by atomic mass is 9.76. The summed E-state index contributed by atoms with van der Waals surface area (Å²) in [5.74, 6) is 0.830. The van der Waals surface area contributed by atoms with E-state index >= 15 is 0 Å². The number of piperidine rings is 1. The van der Waals surface area contributed by atoms with Crippen LogP contribution in [0.15, 0.2) is 30.5 Å². The van der Waals surface area contributed by atoms with Gasteiger partial charge in [0.2, 0.25) is 11.8 Å². The number of aromatic nitrogens is 1. The van der Waals surface area contributed by atoms with Crippen LogP contribution in [0.1, 0.15) is 81.1 Å². The van der Waals surface area contributed by atoms with Gasteiger partial charge in [0.1, 0.15) is 5.75 Å². The van der Waals surface area contributed by atoms with Crippen LogP contribution in [-0.4, -0.2) is 27.8 Å². The number of aryl methyl sites for hydroxylation is 1. The number of benzene rings is 1. The van der Waals surface area contributed by atoms with Crippen LogP contribution >= 0.6 is 22.9 Å². The largest absolute Gasteiger partial charge is 0.490 e. The first-order chi connectivity index (χ1) is 17.9. The quantitative estimate of drug-likeness (QED) is 0.311. The molecule has 0 N–H and O–H groups in total. The van der Waals surface area contributed by atoms with Crippen LogP contribution in [0.4, 0.5) is 0 Å². The van der Waals surface area contributed by atoms with Crippen LogP contribution in [0, 0.1) is 12.3 Å². The van der Waals surface area contributed by atoms with Gasteiger partial charge < -0.3 is 4.74 Å². The van der Waals surface area contributed by atoms with Crippen molar-refractivity contribution in [2.24, 2.45) is 5.41 Å². The smallest absolute Gasteiger partial charge is 0.230 e. The van der Waals surface area contributed by atoms with Gasteiger partial charge in [-0.05, 0) is 80.7 Å². The summed E-state index contributed by atoms with van der Waals surface area (Å²) >= 11 is 8.13. The van der Waals surface area contributed by atoms with Crippen LogP contribution in [-0.2, 0) is 16.1 Å². The third-order valence-corrected chi connectivity index (χ3v) is 9.82. The maximum Gasteiger partial charge on any atom is 0.230 e. The van der Waals surface area contributed by atoms with E-state index in [4.69, 9.17) is 16.3 Å². The molecule has 0 bridgehead atoms. The summed E-state index contributed by atoms with van der Waals surface area (Å²) in [5, 5.41) is 0.676. The topological polar surface area (TPSA) is 59.5 Å². The highest BCUT2D eigenvalue weighted by Gasteiger charge is 2.45. The number of carbonyl (C=O) groups excluding carboxylic acids is 2. The number of pyridine rings is 1. The lowest BCUT2D eigenvalue weighted by Crippen LogP contribution is -2.46. The van der Waals surface area contributed by atoms with Gasteiger partial charge in [-0.15, -0.1) is 11.3 Å². The summed E-state index contributed by atoms with van der Waals surface area (Å²) in [6.45, 7) is 2.37. The molecule has 7 heteroatoms. The molecule has 3 aromatic rings. The first kappa shape index (κ1) is 24.9. The standard InChI is InChI=1S/C30H33ClN2O3S/c1-19-13-20(31)14-24(28(19)36-21-7-3-2-4-8-21)23-9-12-32-25-15-22(37-29(23)25)18-33-26(34)16-30(17-27(33)35)10-5-6-11-30/h9,12-15,21H,2-8,10-11,16-18H2,1H3. The summed E-state index contributed by atoms with van der Waals surface area (Å²) in [5.41, 5.74) is 3.81. The van der Waals surface area contributed by atoms with Crippen molar-refractivity contribution in [2.75, 3.05) is 0 Å². The Morgan fingerprint density at radius 3 is 2.49 bits per heavy atom. The Bertz CT molecular complexity index is 1330. The van der Waals surface area contributed by atoms with Gasteiger partial charge in [0, 0.05) is 40.1 Å². The zero-order valence-electron chi connectivity index (χ0n) is 21.4. The molecule has 2 saturated carbocycles. The molecule has 5 nitrogen and oxygen atoms in total. The normalized spacial score (nSPS) is 20.3. The van der Waals surface area contributed by atoms with Crippen molar-refractivity contribution < 1.29 is 14.3 Å². The average Bonchev–Trinajstić information content (AvgIpc) is 3.50. The fourth-order valence-corrected chi connectivity index (χ4v) is 7.96. The number of imide groups is 1. The Morgan fingerprint density at radius 2 is 1.76 bits per heavy atom. The van der Waals surface area contributed by atoms with E-state index in [0.29, 0.717) is 24.4 Å². The highest BCUT2D eigenvalue weighted by atomic mass is 35.5. The van der Waals surface area contributed by atoms with Gasteiger partial charge in [0.25, 0.3) is 0 Å². The summed E-state index contributed by atoms with van der Waals surface area (Å²) < 4.78 is 7.63. The molecule has 0 atom stereocenters. The molecule has 1 aliphatic heterocycles. The molecule has 2 aliphatic carbocycles. The molecule has 3 aliphatic rings. The molecule has 2 aromatic heterocycles. The lowest BCUT2D eigenvalue weighted by molar-refractivity contribution is -0.154. The number of fused-ring (bicyclic) bond motifs is 1. The first-order valence-electron chi connectivity index (χ1n) is 13.6. The molecule has 1 saturated heterocycles. The predicted octanol–water partition coefficient (Wildman–Crippen LogP) is 7.85. The highest BCUT2D eigenvalue weighted by Crippen LogP contribution is 2.48. The number of nitrogens with zero attached hydrogens (tertiary/aromatic N) is 2. The molecule has 0 radical (unpaired) electrons. The number of amides is 2. The third kappa shape index (κ3) is 4.90. The van der Waals surface area contributed by atoms with E-state index in [9.17, 15) is 9.59 Å². The second-order valence-electron chi connectivity index (χ2n) is 11.2. The molecule has 1 aromatic carbocycles. The fourth-order valence-electron chi connectivity index (χ4n) is 6.56. The summed E-state index contributed by atoms with van der Waals surface area (Å²) in [4.78, 5) is 33.1. The number of likely N-dealkylation sites (tertiary alicyclic amines) is 1. The van der Waals surface area contributed by atoms with Crippen molar-refractivity contribution >= 4 is 45.0 Å². The minimum atomic E-state index is -0.0846. The third-order valence-electron chi connectivity index (χ3n) is 8.46. The van der Waals surface area contributed by atoms with Crippen molar-refractivity contribution in [2.45, 2.75) is 90.2 Å². The first-order valence-corrected chi connectivity index (χ1v) is 14.8. The molecular weight excluding hydrogens is 504 g/mol. The second-order valence-corrected chi connectivity index (χ2v) is 12.8. The maximum absolute atomic E-state index is 13.0. The van der Waals surface area contributed by atoms with E-state index in [-0.39, 0.29) is 23.3 Å². The van der Waals surface area contributed by atoms with Crippen molar-refractivity contribution in [3.8, 4) is 16.9 Å². The minimum Gasteiger partial charge on any atom is -0.490 e. The van der Waals surface area contributed by atoms with Crippen molar-refractivity contribution in [3.05, 3.63) is 45.9 Å². The van der Waals surface area contributed by atoms with E-state index in [1.54, 1.807) is 11.3 Å². The monoisotopic (exact) mass is 536 g/mol. The zero-order chi connectivity index (χ0) is 25.6. The van der Waals surface area contributed by atoms with E-state index in [1.165, 1.54) is 24.2 Å². The Hall–Kier alpha value is -2.44. The summed E-state index contributed by atoms with van der Waals surface area (Å²) in [7, 11) is 0. The van der Waals surface area contributed by atoms with Gasteiger partial charge in [-0.3, -0.25) is 19.5 Å². The van der Waals surface area contributed by atoms with Crippen molar-refractivity contribution in [1.82, 2.24) is 9.88 Å². The fraction of sp³-hybridized carbons (Fsp3) is 0.500. The SMILES string of the molecule is Cc1cc(Cl)cc(-c2ccnc3cc(CN4C(=O)CC5(CCCC5)CC4=O)sc23)c1OC1CCCCC1. The van der Waals surface area contributed by atoms with Crippen LogP contribution in [0.5, 0.6) is 5.75 Å². The maximum atomic E-state index is 13.0. The van der Waals surface area contributed by atoms with Crippen LogP contribution < -0.4 is 4.74 Å². The number of thiophene rings is 1. The minimum absolute atomic E-state index is 0.0302. The molecule has 0 unspecified atom stereocenters. The highest BCUT2D eigenvalue weighted by molar-refractivity contribution is 7.19. The number of carbonyl (C=O) groups is 2. The summed E-state index contributed by atoms with van der Waals surface area (Å²) in [6, 6.07) is 7.98. The van der Waals surface area contributed by atoms with Gasteiger partial charge >= 0.3 is 0 Å². The molecule has 3 fully saturated rings. The van der Waals surface area contributed by atoms with E-state index in [0.717, 1.165) is 76.1 Å². The van der Waals surface area contributed by atoms with E-state index in [1.807, 2.05) is 30.5 Å². The van der Waals surface area contributed by atoms with Crippen molar-refractivity contribution in [1.29, 1.82) is 0 Å². The number of rotatable bonds is 5. The van der Waals surface area contributed by atoms with Crippen LogP contribution in [0.3, 0.4) is 0 Å². The molecule has 3 heterocycles. The Morgan fingerprint density at radius 1 is 1.03 bits per heavy atom. The number of ether oxygens (including phenoxy) is 1. The number of halogens is 1. The molecule has 37 heavy (non-hydrogen) atoms. The van der Waals surface area contributed by atoms with Gasteiger partial charge in [-0.1, -0.05) is 30.9 Å². The number of hydrogen-bond donors (Lipinski definition) is 0. The predicted molar refractivity (Wildman–Crippen MR) is 148 cm³/mol. The van der Waals surface area contributed by atoms with Gasteiger partial charge in [-0.2, -0.15) is 0 Å². The number of hydrogen-bond acceptors (Lipinski definition) is 5. The van der Waals surface area contributed by atoms with Gasteiger partial charge in [0.15, 0.2) is 0 Å². The lowest BCUT2D eigenvalue weighted by Gasteiger charge is -2.37. The molecular formula is C30H33ClN2O3S. The molecule has 1 spiro atoms. The zero-order valence-corrected chi connectivity index (χ0v) is 22.9. The second kappa shape index (κ2) is 10.0. The van der Waals surface area contributed by atoms with Gasteiger partial charge in [-0.25, -0.2) is 0 Å². The van der Waals surface area contributed by atoms with E-state index in [2.05, 4.69) is 11.9 Å². The Balaban J connectivity index is 1.32. The van der Waals surface area contributed by atoms with Crippen molar-refractivity contribution in [3.63, 3.8) is 0 Å². The Kier molecular flexibility index (Phi) is 6.74. The van der Waals surface area contributed by atoms with Crippen LogP contribution in [0.2, 0.25) is 5.02 Å². The molecule has 6 rings (SSSR count). The van der Waals surface area contributed by atoms with Crippen LogP contribution in [0.25, 0.3) is 21.3 Å². The average molecular weight is 537 g/mol. The molecule has 194 valence electrons. The molecule has 2 amide bonds. The van der Waals surface area contributed by atoms with Gasteiger partial charge in [0.05, 0.1) is 22.9 Å². The Labute approximate surface area is 227 Å². The van der Waals surface area contributed by atoms with E-state index < -0.39 is 0 Å².